The molecule has 1 aromatic heterocycles. The molecule has 4 heteroatoms. The molecule has 29 heavy (non-hydrogen) atoms. The Bertz CT molecular complexity index is 1040. The molecular weight excluding hydrogens is 356 g/mol. The maximum absolute atomic E-state index is 3.71. The standard InChI is InChI=1S/C25H32N4/c1-5-17(3)25(24-13-18-7-6-16(2)12-23(18)29-24)21-14-19(8-9-22(21)26-4)28-20-10-11-27-15-20/h6-9,12-14,20,26-29H,5,10-11,15H2,1-4H3/b25-17-. The van der Waals surface area contributed by atoms with E-state index in [4.69, 9.17) is 0 Å². The number of allylic oxidation sites excluding steroid dienone is 1. The fourth-order valence-electron chi connectivity index (χ4n) is 4.23. The minimum absolute atomic E-state index is 0.499. The second-order valence-electron chi connectivity index (χ2n) is 8.13. The van der Waals surface area contributed by atoms with Crippen molar-refractivity contribution in [2.75, 3.05) is 30.8 Å². The summed E-state index contributed by atoms with van der Waals surface area (Å²) >= 11 is 0. The summed E-state index contributed by atoms with van der Waals surface area (Å²) in [5, 5.41) is 11.8. The molecule has 2 heterocycles. The second kappa shape index (κ2) is 8.34. The summed E-state index contributed by atoms with van der Waals surface area (Å²) < 4.78 is 0. The largest absolute Gasteiger partial charge is 0.388 e. The third kappa shape index (κ3) is 4.03. The summed E-state index contributed by atoms with van der Waals surface area (Å²) in [7, 11) is 2.00. The Kier molecular flexibility index (Phi) is 5.63. The van der Waals surface area contributed by atoms with Crippen molar-refractivity contribution in [1.29, 1.82) is 0 Å². The van der Waals surface area contributed by atoms with Gasteiger partial charge in [0.2, 0.25) is 0 Å². The zero-order valence-electron chi connectivity index (χ0n) is 17.9. The van der Waals surface area contributed by atoms with Crippen molar-refractivity contribution in [3.63, 3.8) is 0 Å². The van der Waals surface area contributed by atoms with Crippen molar-refractivity contribution in [2.45, 2.75) is 39.7 Å². The highest BCUT2D eigenvalue weighted by molar-refractivity contribution is 5.93. The van der Waals surface area contributed by atoms with Gasteiger partial charge in [-0.1, -0.05) is 24.6 Å². The maximum Gasteiger partial charge on any atom is 0.0471 e. The van der Waals surface area contributed by atoms with Crippen molar-refractivity contribution in [1.82, 2.24) is 10.3 Å². The third-order valence-corrected chi connectivity index (χ3v) is 5.99. The Hall–Kier alpha value is -2.72. The number of H-pyrrole nitrogens is 1. The zero-order valence-corrected chi connectivity index (χ0v) is 17.9. The van der Waals surface area contributed by atoms with E-state index in [1.165, 1.54) is 51.0 Å². The quantitative estimate of drug-likeness (QED) is 0.449. The third-order valence-electron chi connectivity index (χ3n) is 5.99. The van der Waals surface area contributed by atoms with Crippen LogP contribution in [0.2, 0.25) is 0 Å². The SMILES string of the molecule is CC/C(C)=C(\c1cc2ccc(C)cc2[nH]1)c1cc(NC2CCNC2)ccc1NC. The summed E-state index contributed by atoms with van der Waals surface area (Å²) in [6.45, 7) is 8.73. The number of hydrogen-bond acceptors (Lipinski definition) is 3. The molecule has 4 rings (SSSR count). The smallest absolute Gasteiger partial charge is 0.0471 e. The lowest BCUT2D eigenvalue weighted by molar-refractivity contribution is 0.793. The number of rotatable bonds is 6. The van der Waals surface area contributed by atoms with Crippen LogP contribution in [0.15, 0.2) is 48.0 Å². The first-order chi connectivity index (χ1) is 14.1. The summed E-state index contributed by atoms with van der Waals surface area (Å²) in [5.74, 6) is 0. The van der Waals surface area contributed by atoms with E-state index in [1.807, 2.05) is 7.05 Å². The van der Waals surface area contributed by atoms with Crippen molar-refractivity contribution < 1.29 is 0 Å². The Morgan fingerprint density at radius 2 is 2.00 bits per heavy atom. The highest BCUT2D eigenvalue weighted by atomic mass is 15.0. The Balaban J connectivity index is 1.81. The molecule has 1 aliphatic heterocycles. The zero-order chi connectivity index (χ0) is 20.4. The van der Waals surface area contributed by atoms with E-state index in [1.54, 1.807) is 0 Å². The minimum atomic E-state index is 0.499. The number of anilines is 2. The van der Waals surface area contributed by atoms with Crippen LogP contribution in [0.5, 0.6) is 0 Å². The molecule has 1 aliphatic rings. The first kappa shape index (κ1) is 19.6. The van der Waals surface area contributed by atoms with Crippen molar-refractivity contribution in [3.05, 3.63) is 64.9 Å². The lowest BCUT2D eigenvalue weighted by Gasteiger charge is -2.19. The first-order valence-corrected chi connectivity index (χ1v) is 10.7. The molecule has 0 bridgehead atoms. The molecular formula is C25H32N4. The van der Waals surface area contributed by atoms with Crippen LogP contribution in [-0.2, 0) is 0 Å². The monoisotopic (exact) mass is 388 g/mol. The summed E-state index contributed by atoms with van der Waals surface area (Å²) in [6, 6.07) is 16.1. The number of hydrogen-bond donors (Lipinski definition) is 4. The van der Waals surface area contributed by atoms with Gasteiger partial charge in [-0.25, -0.2) is 0 Å². The maximum atomic E-state index is 3.71. The molecule has 4 N–H and O–H groups in total. The number of aromatic amines is 1. The fraction of sp³-hybridized carbons (Fsp3) is 0.360. The van der Waals surface area contributed by atoms with Crippen LogP contribution in [0.1, 0.15) is 43.5 Å². The highest BCUT2D eigenvalue weighted by Gasteiger charge is 2.18. The van der Waals surface area contributed by atoms with E-state index < -0.39 is 0 Å². The van der Waals surface area contributed by atoms with E-state index in [2.05, 4.69) is 84.2 Å². The predicted octanol–water partition coefficient (Wildman–Crippen LogP) is 5.52. The normalized spacial score (nSPS) is 17.4. The van der Waals surface area contributed by atoms with Gasteiger partial charge in [0.15, 0.2) is 0 Å². The van der Waals surface area contributed by atoms with E-state index in [9.17, 15) is 0 Å². The number of aryl methyl sites for hydroxylation is 1. The van der Waals surface area contributed by atoms with E-state index >= 15 is 0 Å². The van der Waals surface area contributed by atoms with Gasteiger partial charge in [0.05, 0.1) is 0 Å². The molecule has 1 fully saturated rings. The van der Waals surface area contributed by atoms with Gasteiger partial charge in [0.25, 0.3) is 0 Å². The molecule has 152 valence electrons. The molecule has 1 saturated heterocycles. The van der Waals surface area contributed by atoms with Gasteiger partial charge < -0.3 is 20.9 Å². The summed E-state index contributed by atoms with van der Waals surface area (Å²) in [5.41, 5.74) is 9.89. The Morgan fingerprint density at radius 3 is 2.72 bits per heavy atom. The van der Waals surface area contributed by atoms with Crippen LogP contribution in [0.4, 0.5) is 11.4 Å². The molecule has 0 amide bonds. The van der Waals surface area contributed by atoms with E-state index in [0.717, 1.165) is 25.2 Å². The topological polar surface area (TPSA) is 51.9 Å². The molecule has 0 spiro atoms. The average molecular weight is 389 g/mol. The highest BCUT2D eigenvalue weighted by Crippen LogP contribution is 2.36. The summed E-state index contributed by atoms with van der Waals surface area (Å²) in [4.78, 5) is 3.68. The predicted molar refractivity (Wildman–Crippen MR) is 126 cm³/mol. The van der Waals surface area contributed by atoms with Crippen LogP contribution < -0.4 is 16.0 Å². The van der Waals surface area contributed by atoms with Crippen molar-refractivity contribution >= 4 is 27.9 Å². The molecule has 1 unspecified atom stereocenters. The number of benzene rings is 2. The number of fused-ring (bicyclic) bond motifs is 1. The van der Waals surface area contributed by atoms with Gasteiger partial charge in [0.1, 0.15) is 0 Å². The van der Waals surface area contributed by atoms with Crippen LogP contribution in [-0.4, -0.2) is 31.2 Å². The molecule has 0 radical (unpaired) electrons. The van der Waals surface area contributed by atoms with Gasteiger partial charge in [-0.15, -0.1) is 0 Å². The van der Waals surface area contributed by atoms with Crippen LogP contribution in [0, 0.1) is 6.92 Å². The van der Waals surface area contributed by atoms with Gasteiger partial charge in [-0.3, -0.25) is 0 Å². The molecule has 0 aliphatic carbocycles. The summed E-state index contributed by atoms with van der Waals surface area (Å²) in [6.07, 6.45) is 2.18. The lowest BCUT2D eigenvalue weighted by atomic mass is 9.94. The molecule has 3 aromatic rings. The second-order valence-corrected chi connectivity index (χ2v) is 8.13. The van der Waals surface area contributed by atoms with Crippen LogP contribution in [0.3, 0.4) is 0 Å². The van der Waals surface area contributed by atoms with Crippen molar-refractivity contribution in [2.24, 2.45) is 0 Å². The van der Waals surface area contributed by atoms with Crippen LogP contribution in [0.25, 0.3) is 16.5 Å². The molecule has 1 atom stereocenters. The first-order valence-electron chi connectivity index (χ1n) is 10.7. The minimum Gasteiger partial charge on any atom is -0.388 e. The van der Waals surface area contributed by atoms with E-state index in [0.29, 0.717) is 6.04 Å². The Labute approximate surface area is 173 Å². The molecule has 0 saturated carbocycles. The van der Waals surface area contributed by atoms with Crippen molar-refractivity contribution in [3.8, 4) is 0 Å². The van der Waals surface area contributed by atoms with Gasteiger partial charge in [-0.2, -0.15) is 0 Å². The molecule has 4 nitrogen and oxygen atoms in total. The Morgan fingerprint density at radius 1 is 1.14 bits per heavy atom. The average Bonchev–Trinajstić information content (AvgIpc) is 3.37. The fourth-order valence-corrected chi connectivity index (χ4v) is 4.23. The molecule has 2 aromatic carbocycles. The number of aromatic nitrogens is 1. The lowest BCUT2D eigenvalue weighted by Crippen LogP contribution is -2.22. The van der Waals surface area contributed by atoms with Gasteiger partial charge >= 0.3 is 0 Å². The van der Waals surface area contributed by atoms with Crippen LogP contribution >= 0.6 is 0 Å². The van der Waals surface area contributed by atoms with Gasteiger partial charge in [-0.05, 0) is 69.1 Å². The van der Waals surface area contributed by atoms with E-state index in [-0.39, 0.29) is 0 Å². The number of nitrogens with one attached hydrogen (secondary N) is 4. The van der Waals surface area contributed by atoms with Gasteiger partial charge in [0, 0.05) is 58.7 Å².